The largest absolute Gasteiger partial charge is 0.497 e. The quantitative estimate of drug-likeness (QED) is 0.781. The summed E-state index contributed by atoms with van der Waals surface area (Å²) in [5.74, 6) is 3.30. The van der Waals surface area contributed by atoms with Gasteiger partial charge in [0.05, 0.1) is 25.2 Å². The molecule has 0 spiro atoms. The molecular weight excluding hydrogens is 276 g/mol. The first-order chi connectivity index (χ1) is 9.69. The highest BCUT2D eigenvalue weighted by Crippen LogP contribution is 2.16. The number of ether oxygens (including phenoxy) is 2. The molecule has 0 saturated carbocycles. The number of aryl methyl sites for hydroxylation is 1. The lowest BCUT2D eigenvalue weighted by molar-refractivity contribution is 0.341. The van der Waals surface area contributed by atoms with Gasteiger partial charge in [-0.1, -0.05) is 0 Å². The Morgan fingerprint density at radius 2 is 1.95 bits per heavy atom. The Balaban J connectivity index is 1.75. The predicted octanol–water partition coefficient (Wildman–Crippen LogP) is 1.76. The second kappa shape index (κ2) is 7.09. The van der Waals surface area contributed by atoms with Crippen molar-refractivity contribution >= 4 is 10.8 Å². The molecule has 0 aliphatic rings. The normalized spacial score (nSPS) is 12.1. The monoisotopic (exact) mass is 294 g/mol. The molecular formula is C14H18N2O3S. The summed E-state index contributed by atoms with van der Waals surface area (Å²) in [5, 5.41) is 0. The van der Waals surface area contributed by atoms with Crippen LogP contribution >= 0.6 is 0 Å². The lowest BCUT2D eigenvalue weighted by Gasteiger charge is -2.07. The van der Waals surface area contributed by atoms with Crippen molar-refractivity contribution in [2.45, 2.75) is 5.75 Å². The van der Waals surface area contributed by atoms with Gasteiger partial charge in [-0.15, -0.1) is 0 Å². The summed E-state index contributed by atoms with van der Waals surface area (Å²) < 4.78 is 24.4. The number of nitrogens with zero attached hydrogens (tertiary/aromatic N) is 2. The zero-order chi connectivity index (χ0) is 14.4. The zero-order valence-electron chi connectivity index (χ0n) is 11.6. The molecule has 1 heterocycles. The van der Waals surface area contributed by atoms with Gasteiger partial charge in [0.1, 0.15) is 17.3 Å². The zero-order valence-corrected chi connectivity index (χ0v) is 12.4. The molecule has 0 aliphatic carbocycles. The Morgan fingerprint density at radius 1 is 1.25 bits per heavy atom. The smallest absolute Gasteiger partial charge is 0.121 e. The van der Waals surface area contributed by atoms with Crippen LogP contribution in [0.15, 0.2) is 36.7 Å². The van der Waals surface area contributed by atoms with Crippen LogP contribution in [0.25, 0.3) is 0 Å². The maximum atomic E-state index is 11.9. The first-order valence-corrected chi connectivity index (χ1v) is 7.76. The van der Waals surface area contributed by atoms with Gasteiger partial charge < -0.3 is 14.0 Å². The Labute approximate surface area is 121 Å². The third-order valence-corrected chi connectivity index (χ3v) is 4.05. The van der Waals surface area contributed by atoms with Gasteiger partial charge in [0.25, 0.3) is 0 Å². The van der Waals surface area contributed by atoms with Gasteiger partial charge in [-0.25, -0.2) is 4.98 Å². The minimum absolute atomic E-state index is 0.420. The predicted molar refractivity (Wildman–Crippen MR) is 78.4 cm³/mol. The van der Waals surface area contributed by atoms with Gasteiger partial charge in [-0.05, 0) is 24.3 Å². The molecule has 5 nitrogen and oxygen atoms in total. The van der Waals surface area contributed by atoms with Crippen LogP contribution in [0.5, 0.6) is 11.5 Å². The molecule has 0 saturated heterocycles. The molecule has 108 valence electrons. The lowest BCUT2D eigenvalue weighted by Crippen LogP contribution is -2.12. The number of imidazole rings is 1. The SMILES string of the molecule is COc1ccc(OCCS(=O)Cc2nccn2C)cc1. The molecule has 1 atom stereocenters. The minimum Gasteiger partial charge on any atom is -0.497 e. The van der Waals surface area contributed by atoms with Crippen molar-refractivity contribution in [1.29, 1.82) is 0 Å². The number of aromatic nitrogens is 2. The van der Waals surface area contributed by atoms with E-state index in [-0.39, 0.29) is 0 Å². The van der Waals surface area contributed by atoms with Crippen LogP contribution in [0.3, 0.4) is 0 Å². The lowest BCUT2D eigenvalue weighted by atomic mass is 10.3. The third-order valence-electron chi connectivity index (χ3n) is 2.85. The second-order valence-corrected chi connectivity index (χ2v) is 5.84. The number of hydrogen-bond donors (Lipinski definition) is 0. The van der Waals surface area contributed by atoms with E-state index in [9.17, 15) is 4.21 Å². The van der Waals surface area contributed by atoms with Crippen LogP contribution in [-0.2, 0) is 23.6 Å². The molecule has 2 aromatic rings. The van der Waals surface area contributed by atoms with Crippen molar-refractivity contribution in [1.82, 2.24) is 9.55 Å². The Morgan fingerprint density at radius 3 is 2.55 bits per heavy atom. The Hall–Kier alpha value is -1.82. The first-order valence-electron chi connectivity index (χ1n) is 6.27. The summed E-state index contributed by atoms with van der Waals surface area (Å²) in [5.41, 5.74) is 0. The molecule has 1 aromatic carbocycles. The van der Waals surface area contributed by atoms with E-state index in [0.29, 0.717) is 18.1 Å². The van der Waals surface area contributed by atoms with Crippen molar-refractivity contribution in [3.05, 3.63) is 42.5 Å². The van der Waals surface area contributed by atoms with Crippen molar-refractivity contribution in [2.24, 2.45) is 7.05 Å². The topological polar surface area (TPSA) is 53.4 Å². The number of hydrogen-bond acceptors (Lipinski definition) is 4. The second-order valence-electron chi connectivity index (χ2n) is 4.27. The van der Waals surface area contributed by atoms with Gasteiger partial charge in [-0.2, -0.15) is 0 Å². The summed E-state index contributed by atoms with van der Waals surface area (Å²) in [4.78, 5) is 4.16. The van der Waals surface area contributed by atoms with Crippen LogP contribution in [0.2, 0.25) is 0 Å². The summed E-state index contributed by atoms with van der Waals surface area (Å²) in [7, 11) is 2.55. The summed E-state index contributed by atoms with van der Waals surface area (Å²) in [6.45, 7) is 0.420. The highest BCUT2D eigenvalue weighted by molar-refractivity contribution is 7.84. The van der Waals surface area contributed by atoms with Gasteiger partial charge in [0, 0.05) is 30.2 Å². The summed E-state index contributed by atoms with van der Waals surface area (Å²) >= 11 is 0. The van der Waals surface area contributed by atoms with E-state index in [1.54, 1.807) is 13.3 Å². The molecule has 0 amide bonds. The highest BCUT2D eigenvalue weighted by atomic mass is 32.2. The van der Waals surface area contributed by atoms with E-state index in [4.69, 9.17) is 9.47 Å². The number of methoxy groups -OCH3 is 1. The average molecular weight is 294 g/mol. The van der Waals surface area contributed by atoms with E-state index in [1.165, 1.54) is 0 Å². The molecule has 0 fully saturated rings. The molecule has 6 heteroatoms. The highest BCUT2D eigenvalue weighted by Gasteiger charge is 2.06. The van der Waals surface area contributed by atoms with Crippen molar-refractivity contribution in [2.75, 3.05) is 19.5 Å². The molecule has 1 aromatic heterocycles. The van der Waals surface area contributed by atoms with Crippen LogP contribution in [0, 0.1) is 0 Å². The molecule has 0 aliphatic heterocycles. The van der Waals surface area contributed by atoms with Gasteiger partial charge >= 0.3 is 0 Å². The average Bonchev–Trinajstić information content (AvgIpc) is 2.85. The standard InChI is InChI=1S/C14H18N2O3S/c1-16-8-7-15-14(16)11-20(17)10-9-19-13-5-3-12(18-2)4-6-13/h3-8H,9-11H2,1-2H3. The number of benzene rings is 1. The number of rotatable bonds is 7. The molecule has 0 bridgehead atoms. The van der Waals surface area contributed by atoms with E-state index < -0.39 is 10.8 Å². The van der Waals surface area contributed by atoms with Crippen molar-refractivity contribution in [3.8, 4) is 11.5 Å². The molecule has 1 unspecified atom stereocenters. The van der Waals surface area contributed by atoms with E-state index in [0.717, 1.165) is 17.3 Å². The molecule has 20 heavy (non-hydrogen) atoms. The Kier molecular flexibility index (Phi) is 5.17. The molecule has 0 radical (unpaired) electrons. The first kappa shape index (κ1) is 14.6. The van der Waals surface area contributed by atoms with Crippen molar-refractivity contribution in [3.63, 3.8) is 0 Å². The maximum Gasteiger partial charge on any atom is 0.121 e. The van der Waals surface area contributed by atoms with Gasteiger partial charge in [-0.3, -0.25) is 4.21 Å². The van der Waals surface area contributed by atoms with E-state index in [2.05, 4.69) is 4.98 Å². The summed E-state index contributed by atoms with van der Waals surface area (Å²) in [6.07, 6.45) is 3.56. The Bertz CT molecular complexity index is 566. The van der Waals surface area contributed by atoms with Crippen LogP contribution in [0.4, 0.5) is 0 Å². The van der Waals surface area contributed by atoms with Gasteiger partial charge in [0.2, 0.25) is 0 Å². The fourth-order valence-corrected chi connectivity index (χ4v) is 2.66. The van der Waals surface area contributed by atoms with Gasteiger partial charge in [0.15, 0.2) is 0 Å². The van der Waals surface area contributed by atoms with E-state index >= 15 is 0 Å². The third kappa shape index (κ3) is 4.09. The fourth-order valence-electron chi connectivity index (χ4n) is 1.68. The van der Waals surface area contributed by atoms with E-state index in [1.807, 2.05) is 42.1 Å². The minimum atomic E-state index is -0.972. The van der Waals surface area contributed by atoms with Crippen molar-refractivity contribution < 1.29 is 13.7 Å². The fraction of sp³-hybridized carbons (Fsp3) is 0.357. The molecule has 2 rings (SSSR count). The maximum absolute atomic E-state index is 11.9. The summed E-state index contributed by atoms with van der Waals surface area (Å²) in [6, 6.07) is 7.33. The van der Waals surface area contributed by atoms with Crippen LogP contribution in [-0.4, -0.2) is 33.2 Å². The van der Waals surface area contributed by atoms with Crippen LogP contribution < -0.4 is 9.47 Å². The van der Waals surface area contributed by atoms with Crippen LogP contribution in [0.1, 0.15) is 5.82 Å². The molecule has 0 N–H and O–H groups in total.